The second-order valence-corrected chi connectivity index (χ2v) is 23.3. The van der Waals surface area contributed by atoms with E-state index in [2.05, 4.69) is 120 Å². The van der Waals surface area contributed by atoms with Crippen molar-refractivity contribution in [3.8, 4) is 50.6 Å². The fourth-order valence-corrected chi connectivity index (χ4v) is 10.8. The SMILES string of the molecule is [2H]C(C)(C)c1cc(-c2[c-]cccc2)ncc1[Si](C)(C)C.[2H]C([2H])([2H])c1ccc2oc3cc(-c4ccc5c(c4)oc4c(-c6nc7ccccc7n6-c6ccccc6-c6ccccc6)[c-]ccc45)ccc3c2c1.[Ir]. The van der Waals surface area contributed by atoms with Crippen LogP contribution in [0, 0.1) is 19.0 Å². The van der Waals surface area contributed by atoms with E-state index in [9.17, 15) is 0 Å². The summed E-state index contributed by atoms with van der Waals surface area (Å²) in [4.78, 5) is 9.78. The minimum absolute atomic E-state index is 0. The fraction of sp³-hybridized carbons (Fsp3) is 0.115. The quantitative estimate of drug-likeness (QED) is 0.118. The van der Waals surface area contributed by atoms with E-state index in [0.717, 1.165) is 99.9 Å². The van der Waals surface area contributed by atoms with Gasteiger partial charge in [-0.05, 0) is 88.8 Å². The zero-order valence-electron chi connectivity index (χ0n) is 42.3. The monoisotopic (exact) mass is 1080 g/mol. The maximum absolute atomic E-state index is 8.44. The van der Waals surface area contributed by atoms with Gasteiger partial charge in [-0.15, -0.1) is 54.1 Å². The first-order chi connectivity index (χ1) is 34.1. The topological polar surface area (TPSA) is 57.0 Å². The van der Waals surface area contributed by atoms with Crippen molar-refractivity contribution < 1.29 is 34.4 Å². The average Bonchev–Trinajstić information content (AvgIpc) is 4.07. The minimum Gasteiger partial charge on any atom is -0.501 e. The zero-order chi connectivity index (χ0) is 49.2. The first-order valence-electron chi connectivity index (χ1n) is 24.5. The summed E-state index contributed by atoms with van der Waals surface area (Å²) in [5.74, 6) is 0.142. The molecule has 4 aromatic heterocycles. The van der Waals surface area contributed by atoms with E-state index >= 15 is 0 Å². The van der Waals surface area contributed by atoms with Crippen molar-refractivity contribution in [3.63, 3.8) is 0 Å². The standard InChI is InChI=1S/C44H27N2O2.C17H22NSi.Ir/c1-27-18-23-40-36(24-27)33-22-20-29(25-41(33)47-40)30-19-21-32-34-13-9-14-35(43(34)48-42(32)26-30)44-45-37-15-6-8-17-39(37)46(44)38-16-7-5-12-31(38)28-10-3-2-4-11-28;1-13(2)15-11-16(14-9-7-6-8-10-14)18-12-17(15)19(3,4)5;/h2-13,15-26H,1H3;6-9,11-13H,1-5H3;/q2*-1;/i1D3;13D;. The van der Waals surface area contributed by atoms with E-state index < -0.39 is 20.8 Å². The predicted octanol–water partition coefficient (Wildman–Crippen LogP) is 16.1. The molecule has 0 spiro atoms. The molecule has 68 heavy (non-hydrogen) atoms. The number of benzene rings is 8. The smallest absolute Gasteiger partial charge is 0.136 e. The number of aromatic nitrogens is 3. The van der Waals surface area contributed by atoms with Crippen LogP contribution in [0.5, 0.6) is 0 Å². The molecule has 0 saturated heterocycles. The molecule has 0 saturated carbocycles. The maximum atomic E-state index is 8.44. The third-order valence-electron chi connectivity index (χ3n) is 12.5. The Balaban J connectivity index is 0.000000240. The molecule has 0 unspecified atom stereocenters. The second-order valence-electron chi connectivity index (χ2n) is 18.2. The molecule has 1 radical (unpaired) electrons. The summed E-state index contributed by atoms with van der Waals surface area (Å²) in [7, 11) is -1.50. The summed E-state index contributed by atoms with van der Waals surface area (Å²) in [6, 6.07) is 64.9. The molecule has 0 bridgehead atoms. The maximum Gasteiger partial charge on any atom is 0.136 e. The molecule has 12 aromatic rings. The van der Waals surface area contributed by atoms with Crippen molar-refractivity contribution in [2.75, 3.05) is 0 Å². The number of pyridine rings is 1. The molecule has 0 atom stereocenters. The molecule has 335 valence electrons. The van der Waals surface area contributed by atoms with Gasteiger partial charge in [-0.3, -0.25) is 4.98 Å². The number of fused-ring (bicyclic) bond motifs is 7. The van der Waals surface area contributed by atoms with Crippen LogP contribution in [0.25, 0.3) is 105 Å². The van der Waals surface area contributed by atoms with E-state index in [-0.39, 0.29) is 20.1 Å². The molecule has 8 aromatic carbocycles. The van der Waals surface area contributed by atoms with Gasteiger partial charge < -0.3 is 18.4 Å². The van der Waals surface area contributed by atoms with Crippen LogP contribution in [0.1, 0.15) is 36.4 Å². The van der Waals surface area contributed by atoms with Crippen LogP contribution in [0.15, 0.2) is 191 Å². The molecular weight excluding hydrogens is 1030 g/mol. The van der Waals surface area contributed by atoms with Crippen molar-refractivity contribution in [2.45, 2.75) is 46.2 Å². The minimum atomic E-state index is -2.18. The zero-order valence-corrected chi connectivity index (χ0v) is 41.7. The summed E-state index contributed by atoms with van der Waals surface area (Å²) < 4.78 is 47.0. The predicted molar refractivity (Wildman–Crippen MR) is 281 cm³/mol. The Hall–Kier alpha value is -7.15. The molecule has 5 nitrogen and oxygen atoms in total. The van der Waals surface area contributed by atoms with Gasteiger partial charge in [0.25, 0.3) is 0 Å². The number of rotatable bonds is 7. The van der Waals surface area contributed by atoms with Crippen molar-refractivity contribution in [1.82, 2.24) is 14.5 Å². The number of nitrogens with zero attached hydrogens (tertiary/aromatic N) is 3. The van der Waals surface area contributed by atoms with Gasteiger partial charge in [0.2, 0.25) is 0 Å². The second kappa shape index (κ2) is 18.2. The summed E-state index contributed by atoms with van der Waals surface area (Å²) in [6.07, 6.45) is 1.98. The number of para-hydroxylation sites is 3. The van der Waals surface area contributed by atoms with Crippen molar-refractivity contribution in [3.05, 3.63) is 205 Å². The van der Waals surface area contributed by atoms with Crippen LogP contribution < -0.4 is 5.19 Å². The Labute approximate surface area is 417 Å². The molecular formula is C61H49IrN3O2Si-2. The molecule has 7 heteroatoms. The molecule has 0 fully saturated rings. The number of aryl methyl sites for hydroxylation is 1. The summed E-state index contributed by atoms with van der Waals surface area (Å²) in [5.41, 5.74) is 13.9. The molecule has 0 aliphatic carbocycles. The first kappa shape index (κ1) is 40.0. The largest absolute Gasteiger partial charge is 0.501 e. The summed E-state index contributed by atoms with van der Waals surface area (Å²) in [6.45, 7) is 8.61. The Bertz CT molecular complexity index is 3960. The molecule has 0 aliphatic heterocycles. The molecule has 12 rings (SSSR count). The molecule has 0 aliphatic rings. The number of hydrogen-bond donors (Lipinski definition) is 0. The Morgan fingerprint density at radius 2 is 1.35 bits per heavy atom. The van der Waals surface area contributed by atoms with Crippen molar-refractivity contribution >= 4 is 68.2 Å². The normalized spacial score (nSPS) is 12.9. The summed E-state index contributed by atoms with van der Waals surface area (Å²) in [5, 5.41) is 4.93. The fourth-order valence-electron chi connectivity index (χ4n) is 9.18. The van der Waals surface area contributed by atoms with Crippen molar-refractivity contribution in [2.24, 2.45) is 0 Å². The summed E-state index contributed by atoms with van der Waals surface area (Å²) >= 11 is 0. The van der Waals surface area contributed by atoms with Gasteiger partial charge in [0.1, 0.15) is 16.7 Å². The van der Waals surface area contributed by atoms with Crippen molar-refractivity contribution in [1.29, 1.82) is 0 Å². The Kier molecular flexibility index (Phi) is 10.7. The Morgan fingerprint density at radius 3 is 2.10 bits per heavy atom. The third-order valence-corrected chi connectivity index (χ3v) is 14.5. The van der Waals surface area contributed by atoms with Crippen LogP contribution in [-0.2, 0) is 20.1 Å². The van der Waals surface area contributed by atoms with Gasteiger partial charge in [0, 0.05) is 59.2 Å². The van der Waals surface area contributed by atoms with Crippen LogP contribution in [0.3, 0.4) is 0 Å². The van der Waals surface area contributed by atoms with E-state index in [1.165, 1.54) is 5.19 Å². The van der Waals surface area contributed by atoms with Crippen LogP contribution in [0.4, 0.5) is 0 Å². The van der Waals surface area contributed by atoms with Gasteiger partial charge in [0.05, 0.1) is 30.5 Å². The van der Waals surface area contributed by atoms with Gasteiger partial charge in [0.15, 0.2) is 0 Å². The average molecular weight is 1080 g/mol. The number of hydrogen-bond acceptors (Lipinski definition) is 4. The third kappa shape index (κ3) is 8.21. The van der Waals surface area contributed by atoms with Crippen LogP contribution in [-0.4, -0.2) is 22.6 Å². The van der Waals surface area contributed by atoms with Gasteiger partial charge in [-0.2, -0.15) is 0 Å². The van der Waals surface area contributed by atoms with E-state index in [1.807, 2.05) is 98.9 Å². The van der Waals surface area contributed by atoms with Gasteiger partial charge in [-0.1, -0.05) is 147 Å². The van der Waals surface area contributed by atoms with Gasteiger partial charge in [-0.25, -0.2) is 0 Å². The number of imidazole rings is 1. The van der Waals surface area contributed by atoms with Gasteiger partial charge >= 0.3 is 0 Å². The first-order valence-corrected chi connectivity index (χ1v) is 26.0. The Morgan fingerprint density at radius 1 is 0.632 bits per heavy atom. The van der Waals surface area contributed by atoms with E-state index in [0.29, 0.717) is 16.7 Å². The van der Waals surface area contributed by atoms with E-state index in [1.54, 1.807) is 18.2 Å². The molecule has 4 heterocycles. The van der Waals surface area contributed by atoms with E-state index in [4.69, 9.17) is 19.3 Å². The molecule has 0 amide bonds. The van der Waals surface area contributed by atoms with Crippen LogP contribution in [0.2, 0.25) is 19.6 Å². The van der Waals surface area contributed by atoms with Crippen LogP contribution >= 0.6 is 0 Å². The number of furan rings is 2. The molecule has 0 N–H and O–H groups in total.